The van der Waals surface area contributed by atoms with Crippen LogP contribution in [0.15, 0.2) is 72.8 Å². The summed E-state index contributed by atoms with van der Waals surface area (Å²) in [7, 11) is 1.49. The Hall–Kier alpha value is -4.01. The minimum absolute atomic E-state index is 0.0831. The molecule has 1 aromatic heterocycles. The van der Waals surface area contributed by atoms with Gasteiger partial charge in [0.15, 0.2) is 0 Å². The Morgan fingerprint density at radius 3 is 2.24 bits per heavy atom. The second-order valence-corrected chi connectivity index (χ2v) is 8.03. The predicted molar refractivity (Wildman–Crippen MR) is 132 cm³/mol. The van der Waals surface area contributed by atoms with Crippen molar-refractivity contribution in [1.29, 1.82) is 0 Å². The Morgan fingerprint density at radius 2 is 1.50 bits per heavy atom. The number of amides is 3. The van der Waals surface area contributed by atoms with E-state index >= 15 is 0 Å². The lowest BCUT2D eigenvalue weighted by molar-refractivity contribution is -0.133. The van der Waals surface area contributed by atoms with Gasteiger partial charge in [0.25, 0.3) is 5.91 Å². The molecule has 0 fully saturated rings. The molecule has 3 aromatic carbocycles. The molecule has 1 heterocycles. The molecule has 10 heteroatoms. The van der Waals surface area contributed by atoms with Crippen molar-refractivity contribution in [2.75, 3.05) is 23.2 Å². The topological polar surface area (TPSA) is 101 Å². The van der Waals surface area contributed by atoms with Crippen molar-refractivity contribution in [2.24, 2.45) is 0 Å². The number of fused-ring (bicyclic) bond motifs is 1. The summed E-state index contributed by atoms with van der Waals surface area (Å²) in [5.41, 5.74) is 3.89. The number of halogens is 2. The zero-order chi connectivity index (χ0) is 24.2. The molecule has 0 atom stereocenters. The van der Waals surface area contributed by atoms with Crippen LogP contribution in [0.25, 0.3) is 10.9 Å². The summed E-state index contributed by atoms with van der Waals surface area (Å²) >= 11 is 12.1. The predicted octanol–water partition coefficient (Wildman–Crippen LogP) is 4.92. The van der Waals surface area contributed by atoms with Crippen molar-refractivity contribution in [3.63, 3.8) is 0 Å². The lowest BCUT2D eigenvalue weighted by Crippen LogP contribution is -2.36. The second kappa shape index (κ2) is 9.86. The van der Waals surface area contributed by atoms with Crippen molar-refractivity contribution in [1.82, 2.24) is 4.68 Å². The maximum atomic E-state index is 13.0. The van der Waals surface area contributed by atoms with Crippen LogP contribution in [0.4, 0.5) is 11.4 Å². The van der Waals surface area contributed by atoms with Gasteiger partial charge < -0.3 is 15.4 Å². The molecule has 4 aromatic rings. The number of hydrogen-bond acceptors (Lipinski definition) is 4. The average Bonchev–Trinajstić information content (AvgIpc) is 3.16. The highest BCUT2D eigenvalue weighted by atomic mass is 35.5. The molecule has 0 saturated heterocycles. The van der Waals surface area contributed by atoms with Gasteiger partial charge in [-0.05, 0) is 54.6 Å². The third-order valence-electron chi connectivity index (χ3n) is 4.83. The first-order chi connectivity index (χ1) is 16.3. The summed E-state index contributed by atoms with van der Waals surface area (Å²) < 4.78 is 6.35. The zero-order valence-corrected chi connectivity index (χ0v) is 19.3. The maximum absolute atomic E-state index is 13.0. The summed E-state index contributed by atoms with van der Waals surface area (Å²) in [6.07, 6.45) is 0. The first kappa shape index (κ1) is 23.2. The Balaban J connectivity index is 1.61. The number of anilines is 2. The van der Waals surface area contributed by atoms with E-state index in [4.69, 9.17) is 27.9 Å². The van der Waals surface area contributed by atoms with Crippen LogP contribution < -0.4 is 20.8 Å². The molecule has 3 N–H and O–H groups in total. The first-order valence-electron chi connectivity index (χ1n) is 9.98. The molecule has 8 nitrogen and oxygen atoms in total. The average molecular weight is 497 g/mol. The highest BCUT2D eigenvalue weighted by molar-refractivity contribution is 6.42. The minimum atomic E-state index is -0.980. The summed E-state index contributed by atoms with van der Waals surface area (Å²) in [4.78, 5) is 38.3. The van der Waals surface area contributed by atoms with Crippen LogP contribution in [0.5, 0.6) is 5.75 Å². The fraction of sp³-hybridized carbons (Fsp3) is 0.0417. The van der Waals surface area contributed by atoms with Crippen molar-refractivity contribution < 1.29 is 19.1 Å². The van der Waals surface area contributed by atoms with Crippen LogP contribution in [0.3, 0.4) is 0 Å². The maximum Gasteiger partial charge on any atom is 0.328 e. The van der Waals surface area contributed by atoms with Gasteiger partial charge in [-0.1, -0.05) is 35.3 Å². The number of nitrogens with zero attached hydrogens (tertiary/aromatic N) is 1. The van der Waals surface area contributed by atoms with Gasteiger partial charge in [0, 0.05) is 32.9 Å². The number of ether oxygens (including phenoxy) is 1. The van der Waals surface area contributed by atoms with Crippen LogP contribution in [0.1, 0.15) is 10.5 Å². The molecule has 0 spiro atoms. The van der Waals surface area contributed by atoms with Gasteiger partial charge in [-0.2, -0.15) is 0 Å². The standard InChI is InChI=1S/C24H18Cl2N4O4/c1-34-19-7-3-6-18(13-19)28-23(32)24(33)29-30-20-9-8-16(26)10-14(20)11-21(30)22(31)27-17-5-2-4-15(25)12-17/h2-13H,1H3,(H,27,31)(H,28,32)(H,29,33). The summed E-state index contributed by atoms with van der Waals surface area (Å²) in [6, 6.07) is 19.6. The molecule has 0 aliphatic carbocycles. The molecule has 0 radical (unpaired) electrons. The molecule has 0 aliphatic rings. The van der Waals surface area contributed by atoms with Crippen LogP contribution in [0, 0.1) is 0 Å². The Labute approximate surface area is 204 Å². The Bertz CT molecular complexity index is 1420. The number of carbonyl (C=O) groups is 3. The van der Waals surface area contributed by atoms with Gasteiger partial charge in [0.1, 0.15) is 11.4 Å². The molecule has 34 heavy (non-hydrogen) atoms. The van der Waals surface area contributed by atoms with E-state index in [-0.39, 0.29) is 5.69 Å². The molecule has 172 valence electrons. The molecular weight excluding hydrogens is 479 g/mol. The molecule has 3 amide bonds. The van der Waals surface area contributed by atoms with Crippen molar-refractivity contribution in [3.8, 4) is 5.75 Å². The molecule has 0 saturated carbocycles. The molecule has 4 rings (SSSR count). The van der Waals surface area contributed by atoms with E-state index in [1.54, 1.807) is 72.8 Å². The van der Waals surface area contributed by atoms with Crippen LogP contribution in [-0.2, 0) is 9.59 Å². The van der Waals surface area contributed by atoms with Gasteiger partial charge in [0.05, 0.1) is 12.6 Å². The number of methoxy groups -OCH3 is 1. The summed E-state index contributed by atoms with van der Waals surface area (Å²) in [6.45, 7) is 0. The molecule has 0 bridgehead atoms. The Kier molecular flexibility index (Phi) is 6.72. The van der Waals surface area contributed by atoms with Gasteiger partial charge >= 0.3 is 11.8 Å². The van der Waals surface area contributed by atoms with Crippen molar-refractivity contribution in [2.45, 2.75) is 0 Å². The van der Waals surface area contributed by atoms with Gasteiger partial charge in [-0.15, -0.1) is 0 Å². The van der Waals surface area contributed by atoms with Gasteiger partial charge in [-0.25, -0.2) is 4.68 Å². The van der Waals surface area contributed by atoms with Gasteiger partial charge in [0.2, 0.25) is 0 Å². The molecular formula is C24H18Cl2N4O4. The number of benzene rings is 3. The van der Waals surface area contributed by atoms with E-state index < -0.39 is 17.7 Å². The van der Waals surface area contributed by atoms with Crippen LogP contribution >= 0.6 is 23.2 Å². The van der Waals surface area contributed by atoms with Crippen LogP contribution in [0.2, 0.25) is 10.0 Å². The molecule has 0 unspecified atom stereocenters. The monoisotopic (exact) mass is 496 g/mol. The fourth-order valence-electron chi connectivity index (χ4n) is 3.28. The number of aromatic nitrogens is 1. The summed E-state index contributed by atoms with van der Waals surface area (Å²) in [5, 5.41) is 6.73. The lowest BCUT2D eigenvalue weighted by Gasteiger charge is -2.13. The zero-order valence-electron chi connectivity index (χ0n) is 17.8. The number of rotatable bonds is 5. The number of carbonyl (C=O) groups excluding carboxylic acids is 3. The minimum Gasteiger partial charge on any atom is -0.497 e. The fourth-order valence-corrected chi connectivity index (χ4v) is 3.65. The highest BCUT2D eigenvalue weighted by Crippen LogP contribution is 2.24. The smallest absolute Gasteiger partial charge is 0.328 e. The quantitative estimate of drug-likeness (QED) is 0.341. The van der Waals surface area contributed by atoms with E-state index in [1.165, 1.54) is 11.8 Å². The lowest BCUT2D eigenvalue weighted by atomic mass is 10.2. The number of hydrogen-bond donors (Lipinski definition) is 3. The van der Waals surface area contributed by atoms with E-state index in [0.29, 0.717) is 38.1 Å². The largest absolute Gasteiger partial charge is 0.497 e. The highest BCUT2D eigenvalue weighted by Gasteiger charge is 2.21. The SMILES string of the molecule is COc1cccc(NC(=O)C(=O)Nn2c(C(=O)Nc3cccc(Cl)c3)cc3cc(Cl)ccc32)c1. The van der Waals surface area contributed by atoms with E-state index in [9.17, 15) is 14.4 Å². The van der Waals surface area contributed by atoms with E-state index in [1.807, 2.05) is 0 Å². The number of nitrogens with one attached hydrogen (secondary N) is 3. The molecule has 0 aliphatic heterocycles. The van der Waals surface area contributed by atoms with Crippen LogP contribution in [-0.4, -0.2) is 29.5 Å². The first-order valence-corrected chi connectivity index (χ1v) is 10.7. The summed E-state index contributed by atoms with van der Waals surface area (Å²) in [5.74, 6) is -1.91. The third kappa shape index (κ3) is 5.14. The van der Waals surface area contributed by atoms with Crippen molar-refractivity contribution in [3.05, 3.63) is 88.5 Å². The van der Waals surface area contributed by atoms with E-state index in [0.717, 1.165) is 0 Å². The normalized spacial score (nSPS) is 10.6. The Morgan fingerprint density at radius 1 is 0.794 bits per heavy atom. The van der Waals surface area contributed by atoms with Crippen molar-refractivity contribution >= 4 is 63.2 Å². The van der Waals surface area contributed by atoms with E-state index in [2.05, 4.69) is 16.1 Å². The van der Waals surface area contributed by atoms with Gasteiger partial charge in [-0.3, -0.25) is 19.8 Å². The second-order valence-electron chi connectivity index (χ2n) is 7.16. The third-order valence-corrected chi connectivity index (χ3v) is 5.30.